The van der Waals surface area contributed by atoms with Gasteiger partial charge in [0.25, 0.3) is 0 Å². The molecule has 1 amide bonds. The van der Waals surface area contributed by atoms with E-state index in [0.717, 1.165) is 41.8 Å². The van der Waals surface area contributed by atoms with Crippen LogP contribution in [-0.2, 0) is 11.3 Å². The Hall–Kier alpha value is -2.02. The van der Waals surface area contributed by atoms with Gasteiger partial charge in [0, 0.05) is 43.3 Å². The standard InChI is InChI=1S/C16H19N5OS/c1-10-3-17-16(18-4-10)21-6-12-5-20(15(22)14(12)8-21)7-13-9-23-11(2)19-13/h3-4,9,12,14H,5-8H2,1-2H3/t12-,14+/m1/s1. The zero-order valence-corrected chi connectivity index (χ0v) is 14.1. The second-order valence-corrected chi connectivity index (χ2v) is 7.47. The summed E-state index contributed by atoms with van der Waals surface area (Å²) in [4.78, 5) is 30.0. The molecule has 2 aromatic rings. The van der Waals surface area contributed by atoms with Gasteiger partial charge in [0.05, 0.1) is 23.2 Å². The van der Waals surface area contributed by atoms with Gasteiger partial charge in [-0.15, -0.1) is 11.3 Å². The van der Waals surface area contributed by atoms with Crippen LogP contribution in [0.2, 0.25) is 0 Å². The number of thiazole rings is 1. The molecule has 23 heavy (non-hydrogen) atoms. The number of amides is 1. The summed E-state index contributed by atoms with van der Waals surface area (Å²) in [5, 5.41) is 3.10. The van der Waals surface area contributed by atoms with Crippen molar-refractivity contribution in [2.45, 2.75) is 20.4 Å². The molecule has 2 fully saturated rings. The molecular weight excluding hydrogens is 310 g/mol. The van der Waals surface area contributed by atoms with Gasteiger partial charge in [0.2, 0.25) is 11.9 Å². The summed E-state index contributed by atoms with van der Waals surface area (Å²) in [7, 11) is 0. The summed E-state index contributed by atoms with van der Waals surface area (Å²) in [6.07, 6.45) is 3.66. The number of carbonyl (C=O) groups is 1. The van der Waals surface area contributed by atoms with Gasteiger partial charge in [0.15, 0.2) is 0 Å². The van der Waals surface area contributed by atoms with E-state index in [2.05, 4.69) is 19.9 Å². The highest BCUT2D eigenvalue weighted by molar-refractivity contribution is 7.09. The van der Waals surface area contributed by atoms with Crippen LogP contribution in [0.1, 0.15) is 16.3 Å². The maximum atomic E-state index is 12.7. The van der Waals surface area contributed by atoms with E-state index < -0.39 is 0 Å². The fourth-order valence-corrected chi connectivity index (χ4v) is 4.08. The summed E-state index contributed by atoms with van der Waals surface area (Å²) < 4.78 is 0. The fourth-order valence-electron chi connectivity index (χ4n) is 3.47. The molecule has 2 saturated heterocycles. The average Bonchev–Trinajstić information content (AvgIpc) is 3.19. The van der Waals surface area contributed by atoms with Crippen molar-refractivity contribution in [3.63, 3.8) is 0 Å². The van der Waals surface area contributed by atoms with Crippen molar-refractivity contribution in [1.29, 1.82) is 0 Å². The molecule has 0 radical (unpaired) electrons. The zero-order chi connectivity index (χ0) is 16.0. The van der Waals surface area contributed by atoms with Gasteiger partial charge in [-0.25, -0.2) is 15.0 Å². The first-order valence-corrected chi connectivity index (χ1v) is 8.71. The molecule has 0 bridgehead atoms. The van der Waals surface area contributed by atoms with Crippen molar-refractivity contribution >= 4 is 23.2 Å². The number of carbonyl (C=O) groups excluding carboxylic acids is 1. The van der Waals surface area contributed by atoms with Crippen LogP contribution in [0.5, 0.6) is 0 Å². The van der Waals surface area contributed by atoms with Crippen LogP contribution in [0.4, 0.5) is 5.95 Å². The molecule has 7 heteroatoms. The summed E-state index contributed by atoms with van der Waals surface area (Å²) >= 11 is 1.64. The predicted octanol–water partition coefficient (Wildman–Crippen LogP) is 1.64. The molecule has 4 heterocycles. The molecule has 0 aromatic carbocycles. The number of likely N-dealkylation sites (tertiary alicyclic amines) is 1. The molecule has 4 rings (SSSR count). The fraction of sp³-hybridized carbons (Fsp3) is 0.500. The summed E-state index contributed by atoms with van der Waals surface area (Å²) in [6, 6.07) is 0. The molecule has 2 aliphatic heterocycles. The lowest BCUT2D eigenvalue weighted by molar-refractivity contribution is -0.131. The maximum Gasteiger partial charge on any atom is 0.228 e. The summed E-state index contributed by atoms with van der Waals surface area (Å²) in [5.74, 6) is 1.42. The number of fused-ring (bicyclic) bond motifs is 1. The van der Waals surface area contributed by atoms with Crippen LogP contribution in [0.3, 0.4) is 0 Å². The van der Waals surface area contributed by atoms with Gasteiger partial charge < -0.3 is 9.80 Å². The third-order valence-electron chi connectivity index (χ3n) is 4.59. The van der Waals surface area contributed by atoms with Gasteiger partial charge in [0.1, 0.15) is 0 Å². The van der Waals surface area contributed by atoms with E-state index in [1.54, 1.807) is 11.3 Å². The van der Waals surface area contributed by atoms with Gasteiger partial charge in [-0.3, -0.25) is 4.79 Å². The largest absolute Gasteiger partial charge is 0.340 e. The van der Waals surface area contributed by atoms with Crippen LogP contribution in [-0.4, -0.2) is 45.4 Å². The molecule has 0 spiro atoms. The summed E-state index contributed by atoms with van der Waals surface area (Å²) in [6.45, 7) is 6.99. The Kier molecular flexibility index (Phi) is 3.52. The van der Waals surface area contributed by atoms with E-state index in [-0.39, 0.29) is 11.8 Å². The minimum atomic E-state index is 0.0691. The molecule has 0 unspecified atom stereocenters. The molecule has 0 aliphatic carbocycles. The number of anilines is 1. The quantitative estimate of drug-likeness (QED) is 0.857. The molecule has 2 aliphatic rings. The van der Waals surface area contributed by atoms with E-state index in [1.165, 1.54) is 0 Å². The maximum absolute atomic E-state index is 12.7. The van der Waals surface area contributed by atoms with Crippen LogP contribution < -0.4 is 4.90 Å². The van der Waals surface area contributed by atoms with Crippen molar-refractivity contribution in [2.75, 3.05) is 24.5 Å². The second-order valence-electron chi connectivity index (χ2n) is 6.41. The molecule has 120 valence electrons. The summed E-state index contributed by atoms with van der Waals surface area (Å²) in [5.41, 5.74) is 2.05. The van der Waals surface area contributed by atoms with Crippen LogP contribution in [0.25, 0.3) is 0 Å². The Morgan fingerprint density at radius 3 is 2.65 bits per heavy atom. The molecule has 6 nitrogen and oxygen atoms in total. The minimum absolute atomic E-state index is 0.0691. The Balaban J connectivity index is 1.43. The molecule has 0 saturated carbocycles. The number of hydrogen-bond acceptors (Lipinski definition) is 6. The van der Waals surface area contributed by atoms with Crippen LogP contribution in [0, 0.1) is 25.7 Å². The molecule has 2 aromatic heterocycles. The van der Waals surface area contributed by atoms with E-state index in [0.29, 0.717) is 12.5 Å². The Morgan fingerprint density at radius 2 is 2.00 bits per heavy atom. The SMILES string of the molecule is Cc1cnc(N2C[C@H]3CN(Cc4csc(C)n4)C(=O)[C@H]3C2)nc1. The Morgan fingerprint density at radius 1 is 1.22 bits per heavy atom. The lowest BCUT2D eigenvalue weighted by atomic mass is 10.0. The number of hydrogen-bond donors (Lipinski definition) is 0. The Labute approximate surface area is 139 Å². The van der Waals surface area contributed by atoms with Crippen molar-refractivity contribution in [1.82, 2.24) is 19.9 Å². The van der Waals surface area contributed by atoms with Crippen LogP contribution in [0.15, 0.2) is 17.8 Å². The van der Waals surface area contributed by atoms with E-state index in [1.807, 2.05) is 36.5 Å². The Bertz CT molecular complexity index is 728. The van der Waals surface area contributed by atoms with Gasteiger partial charge in [-0.2, -0.15) is 0 Å². The van der Waals surface area contributed by atoms with Gasteiger partial charge >= 0.3 is 0 Å². The topological polar surface area (TPSA) is 62.2 Å². The highest BCUT2D eigenvalue weighted by Crippen LogP contribution is 2.34. The van der Waals surface area contributed by atoms with Crippen molar-refractivity contribution in [2.24, 2.45) is 11.8 Å². The van der Waals surface area contributed by atoms with E-state index in [4.69, 9.17) is 0 Å². The minimum Gasteiger partial charge on any atom is -0.340 e. The highest BCUT2D eigenvalue weighted by Gasteiger charge is 2.46. The number of aromatic nitrogens is 3. The predicted molar refractivity (Wildman–Crippen MR) is 88.2 cm³/mol. The number of aryl methyl sites for hydroxylation is 2. The van der Waals surface area contributed by atoms with Crippen molar-refractivity contribution < 1.29 is 4.79 Å². The lowest BCUT2D eigenvalue weighted by Crippen LogP contribution is -2.33. The number of rotatable bonds is 3. The highest BCUT2D eigenvalue weighted by atomic mass is 32.1. The van der Waals surface area contributed by atoms with Crippen molar-refractivity contribution in [3.05, 3.63) is 34.0 Å². The normalized spacial score (nSPS) is 23.7. The van der Waals surface area contributed by atoms with Gasteiger partial charge in [-0.1, -0.05) is 0 Å². The molecule has 0 N–H and O–H groups in total. The molecule has 2 atom stereocenters. The van der Waals surface area contributed by atoms with E-state index in [9.17, 15) is 4.79 Å². The molecular formula is C16H19N5OS. The average molecular weight is 329 g/mol. The zero-order valence-electron chi connectivity index (χ0n) is 13.3. The third-order valence-corrected chi connectivity index (χ3v) is 5.42. The number of nitrogens with zero attached hydrogens (tertiary/aromatic N) is 5. The van der Waals surface area contributed by atoms with Crippen molar-refractivity contribution in [3.8, 4) is 0 Å². The first-order chi connectivity index (χ1) is 11.1. The monoisotopic (exact) mass is 329 g/mol. The first kappa shape index (κ1) is 14.6. The lowest BCUT2D eigenvalue weighted by Gasteiger charge is -2.21. The third kappa shape index (κ3) is 2.69. The van der Waals surface area contributed by atoms with E-state index >= 15 is 0 Å². The smallest absolute Gasteiger partial charge is 0.228 e. The van der Waals surface area contributed by atoms with Gasteiger partial charge in [-0.05, 0) is 19.4 Å². The van der Waals surface area contributed by atoms with Crippen LogP contribution >= 0.6 is 11.3 Å². The first-order valence-electron chi connectivity index (χ1n) is 7.83. The second kappa shape index (κ2) is 5.56.